The Morgan fingerprint density at radius 3 is 2.82 bits per heavy atom. The van der Waals surface area contributed by atoms with E-state index in [1.165, 1.54) is 0 Å². The van der Waals surface area contributed by atoms with Crippen molar-refractivity contribution in [3.8, 4) is 11.5 Å². The number of rotatable bonds is 4. The van der Waals surface area contributed by atoms with E-state index in [2.05, 4.69) is 27.3 Å². The summed E-state index contributed by atoms with van der Waals surface area (Å²) in [7, 11) is 0. The van der Waals surface area contributed by atoms with Crippen LogP contribution in [0.15, 0.2) is 30.5 Å². The average molecular weight is 229 g/mol. The molecule has 3 N–H and O–H groups in total. The van der Waals surface area contributed by atoms with Gasteiger partial charge in [0, 0.05) is 18.0 Å². The van der Waals surface area contributed by atoms with Crippen molar-refractivity contribution in [1.82, 2.24) is 15.0 Å². The fourth-order valence-corrected chi connectivity index (χ4v) is 1.57. The first-order chi connectivity index (χ1) is 8.33. The van der Waals surface area contributed by atoms with Gasteiger partial charge in [0.05, 0.1) is 0 Å². The van der Waals surface area contributed by atoms with Crippen LogP contribution in [0.3, 0.4) is 0 Å². The Hall–Kier alpha value is -2.01. The van der Waals surface area contributed by atoms with Crippen molar-refractivity contribution in [2.45, 2.75) is 19.8 Å². The minimum absolute atomic E-state index is 0.601. The molecule has 2 rings (SSSR count). The molecule has 0 spiro atoms. The van der Waals surface area contributed by atoms with Crippen LogP contribution in [0.25, 0.3) is 11.5 Å². The summed E-state index contributed by atoms with van der Waals surface area (Å²) >= 11 is 0. The molecule has 0 aliphatic rings. The molecule has 88 valence electrons. The van der Waals surface area contributed by atoms with Crippen LogP contribution in [0, 0.1) is 0 Å². The molecule has 0 atom stereocenters. The summed E-state index contributed by atoms with van der Waals surface area (Å²) in [5.41, 5.74) is 4.28. The van der Waals surface area contributed by atoms with Crippen LogP contribution in [-0.2, 0) is 6.42 Å². The molecule has 5 nitrogen and oxygen atoms in total. The van der Waals surface area contributed by atoms with E-state index in [4.69, 9.17) is 5.84 Å². The van der Waals surface area contributed by atoms with Gasteiger partial charge in [-0.1, -0.05) is 19.4 Å². The number of aryl methyl sites for hydroxylation is 1. The summed E-state index contributed by atoms with van der Waals surface area (Å²) in [5, 5.41) is 0. The molecule has 2 aromatic heterocycles. The van der Waals surface area contributed by atoms with Crippen molar-refractivity contribution < 1.29 is 0 Å². The SMILES string of the molecule is CCCc1cc(NN)nc(-c2ccccn2)n1. The summed E-state index contributed by atoms with van der Waals surface area (Å²) < 4.78 is 0. The molecule has 0 saturated heterocycles. The average Bonchev–Trinajstić information content (AvgIpc) is 2.40. The van der Waals surface area contributed by atoms with Gasteiger partial charge in [0.1, 0.15) is 11.5 Å². The maximum Gasteiger partial charge on any atom is 0.180 e. The van der Waals surface area contributed by atoms with Crippen LogP contribution in [0.5, 0.6) is 0 Å². The summed E-state index contributed by atoms with van der Waals surface area (Å²) in [6.07, 6.45) is 3.65. The summed E-state index contributed by atoms with van der Waals surface area (Å²) in [4.78, 5) is 13.0. The van der Waals surface area contributed by atoms with Gasteiger partial charge in [0.25, 0.3) is 0 Å². The molecule has 0 unspecified atom stereocenters. The molecule has 0 aliphatic heterocycles. The van der Waals surface area contributed by atoms with Gasteiger partial charge in [-0.3, -0.25) is 4.98 Å². The van der Waals surface area contributed by atoms with E-state index in [0.29, 0.717) is 11.6 Å². The number of hydrogen-bond acceptors (Lipinski definition) is 5. The van der Waals surface area contributed by atoms with E-state index < -0.39 is 0 Å². The third kappa shape index (κ3) is 2.76. The highest BCUT2D eigenvalue weighted by molar-refractivity contribution is 5.52. The zero-order valence-corrected chi connectivity index (χ0v) is 9.72. The van der Waals surface area contributed by atoms with Crippen LogP contribution in [-0.4, -0.2) is 15.0 Å². The number of nitrogens with zero attached hydrogens (tertiary/aromatic N) is 3. The lowest BCUT2D eigenvalue weighted by molar-refractivity contribution is 0.874. The molecular formula is C12H15N5. The minimum Gasteiger partial charge on any atom is -0.308 e. The van der Waals surface area contributed by atoms with E-state index in [9.17, 15) is 0 Å². The second-order valence-corrected chi connectivity index (χ2v) is 3.68. The number of nitrogens with two attached hydrogens (primary N) is 1. The number of nitrogens with one attached hydrogen (secondary N) is 1. The normalized spacial score (nSPS) is 10.2. The van der Waals surface area contributed by atoms with E-state index >= 15 is 0 Å². The summed E-state index contributed by atoms with van der Waals surface area (Å²) in [6.45, 7) is 2.11. The van der Waals surface area contributed by atoms with Gasteiger partial charge in [0.15, 0.2) is 5.82 Å². The number of pyridine rings is 1. The molecule has 0 aromatic carbocycles. The van der Waals surface area contributed by atoms with Gasteiger partial charge in [-0.15, -0.1) is 0 Å². The Labute approximate surface area is 100 Å². The first-order valence-electron chi connectivity index (χ1n) is 5.59. The lowest BCUT2D eigenvalue weighted by Crippen LogP contribution is -2.10. The standard InChI is InChI=1S/C12H15N5/c1-2-5-9-8-11(17-13)16-12(15-9)10-6-3-4-7-14-10/h3-4,6-8H,2,5,13H2,1H3,(H,15,16,17). The Morgan fingerprint density at radius 1 is 1.29 bits per heavy atom. The predicted octanol–water partition coefficient (Wildman–Crippen LogP) is 1.78. The first-order valence-corrected chi connectivity index (χ1v) is 5.59. The lowest BCUT2D eigenvalue weighted by atomic mass is 10.2. The van der Waals surface area contributed by atoms with Crippen molar-refractivity contribution in [1.29, 1.82) is 0 Å². The van der Waals surface area contributed by atoms with Crippen molar-refractivity contribution in [3.63, 3.8) is 0 Å². The van der Waals surface area contributed by atoms with Crippen molar-refractivity contribution >= 4 is 5.82 Å². The zero-order chi connectivity index (χ0) is 12.1. The van der Waals surface area contributed by atoms with Gasteiger partial charge in [0.2, 0.25) is 0 Å². The summed E-state index contributed by atoms with van der Waals surface area (Å²) in [5.74, 6) is 6.62. The summed E-state index contributed by atoms with van der Waals surface area (Å²) in [6, 6.07) is 7.51. The van der Waals surface area contributed by atoms with E-state index in [0.717, 1.165) is 24.2 Å². The third-order valence-electron chi connectivity index (χ3n) is 2.33. The number of hydrazine groups is 1. The lowest BCUT2D eigenvalue weighted by Gasteiger charge is -2.06. The number of nitrogen functional groups attached to an aromatic ring is 1. The number of aromatic nitrogens is 3. The molecule has 2 heterocycles. The first kappa shape index (κ1) is 11.5. The van der Waals surface area contributed by atoms with Crippen LogP contribution in [0.2, 0.25) is 0 Å². The van der Waals surface area contributed by atoms with Gasteiger partial charge in [-0.2, -0.15) is 0 Å². The topological polar surface area (TPSA) is 76.7 Å². The van der Waals surface area contributed by atoms with Gasteiger partial charge >= 0.3 is 0 Å². The maximum atomic E-state index is 5.40. The van der Waals surface area contributed by atoms with Crippen LogP contribution in [0.1, 0.15) is 19.0 Å². The van der Waals surface area contributed by atoms with Crippen LogP contribution in [0.4, 0.5) is 5.82 Å². The van der Waals surface area contributed by atoms with Gasteiger partial charge < -0.3 is 5.43 Å². The zero-order valence-electron chi connectivity index (χ0n) is 9.72. The second kappa shape index (κ2) is 5.36. The van der Waals surface area contributed by atoms with Crippen LogP contribution >= 0.6 is 0 Å². The molecule has 17 heavy (non-hydrogen) atoms. The van der Waals surface area contributed by atoms with Crippen molar-refractivity contribution in [2.24, 2.45) is 5.84 Å². The smallest absolute Gasteiger partial charge is 0.180 e. The monoisotopic (exact) mass is 229 g/mol. The Kier molecular flexibility index (Phi) is 3.62. The second-order valence-electron chi connectivity index (χ2n) is 3.68. The molecule has 0 fully saturated rings. The minimum atomic E-state index is 0.601. The van der Waals surface area contributed by atoms with Crippen molar-refractivity contribution in [2.75, 3.05) is 5.43 Å². The highest BCUT2D eigenvalue weighted by atomic mass is 15.3. The highest BCUT2D eigenvalue weighted by Crippen LogP contribution is 2.15. The maximum absolute atomic E-state index is 5.40. The molecule has 0 bridgehead atoms. The third-order valence-corrected chi connectivity index (χ3v) is 2.33. The number of hydrogen-bond donors (Lipinski definition) is 2. The number of anilines is 1. The largest absolute Gasteiger partial charge is 0.308 e. The molecule has 0 amide bonds. The van der Waals surface area contributed by atoms with Gasteiger partial charge in [-0.05, 0) is 18.6 Å². The van der Waals surface area contributed by atoms with E-state index in [1.807, 2.05) is 24.3 Å². The van der Waals surface area contributed by atoms with Crippen molar-refractivity contribution in [3.05, 3.63) is 36.2 Å². The quantitative estimate of drug-likeness (QED) is 0.617. The fourth-order valence-electron chi connectivity index (χ4n) is 1.57. The van der Waals surface area contributed by atoms with E-state index in [-0.39, 0.29) is 0 Å². The van der Waals surface area contributed by atoms with Crippen LogP contribution < -0.4 is 11.3 Å². The van der Waals surface area contributed by atoms with Gasteiger partial charge in [-0.25, -0.2) is 15.8 Å². The highest BCUT2D eigenvalue weighted by Gasteiger charge is 2.06. The Bertz CT molecular complexity index is 484. The molecule has 2 aromatic rings. The molecule has 5 heteroatoms. The van der Waals surface area contributed by atoms with E-state index in [1.54, 1.807) is 6.20 Å². The molecular weight excluding hydrogens is 214 g/mol. The predicted molar refractivity (Wildman–Crippen MR) is 67.1 cm³/mol. The molecule has 0 saturated carbocycles. The Balaban J connectivity index is 2.43. The fraction of sp³-hybridized carbons (Fsp3) is 0.250. The Morgan fingerprint density at radius 2 is 2.18 bits per heavy atom. The molecule has 0 aliphatic carbocycles. The molecule has 0 radical (unpaired) electrons.